The van der Waals surface area contributed by atoms with E-state index in [0.29, 0.717) is 30.4 Å². The zero-order valence-electron chi connectivity index (χ0n) is 14.7. The van der Waals surface area contributed by atoms with E-state index in [9.17, 15) is 9.59 Å². The fraction of sp³-hybridized carbons (Fsp3) is 0.368. The molecule has 138 valence electrons. The van der Waals surface area contributed by atoms with Crippen LogP contribution in [0.5, 0.6) is 0 Å². The van der Waals surface area contributed by atoms with Gasteiger partial charge < -0.3 is 19.5 Å². The van der Waals surface area contributed by atoms with Crippen molar-refractivity contribution < 1.29 is 14.0 Å². The molecule has 6 nitrogen and oxygen atoms in total. The van der Waals surface area contributed by atoms with E-state index in [1.54, 1.807) is 29.0 Å². The summed E-state index contributed by atoms with van der Waals surface area (Å²) in [4.78, 5) is 28.0. The molecule has 1 aromatic carbocycles. The number of hydrogen-bond donors (Lipinski definition) is 1. The molecule has 1 aliphatic heterocycles. The number of furan rings is 1. The van der Waals surface area contributed by atoms with Crippen LogP contribution in [0, 0.1) is 0 Å². The van der Waals surface area contributed by atoms with Crippen molar-refractivity contribution in [2.45, 2.75) is 25.4 Å². The molecule has 0 atom stereocenters. The highest BCUT2D eigenvalue weighted by molar-refractivity contribution is 6.30. The number of carbonyl (C=O) groups is 2. The third-order valence-electron chi connectivity index (χ3n) is 4.50. The fourth-order valence-corrected chi connectivity index (χ4v) is 3.26. The summed E-state index contributed by atoms with van der Waals surface area (Å²) in [5, 5.41) is 3.70. The summed E-state index contributed by atoms with van der Waals surface area (Å²) in [6, 6.07) is 10.8. The van der Waals surface area contributed by atoms with Crippen LogP contribution in [0.25, 0.3) is 0 Å². The minimum Gasteiger partial charge on any atom is -0.459 e. The summed E-state index contributed by atoms with van der Waals surface area (Å²) in [5.74, 6) is 0.256. The van der Waals surface area contributed by atoms with E-state index < -0.39 is 0 Å². The fourth-order valence-electron chi connectivity index (χ4n) is 3.05. The average Bonchev–Trinajstić information content (AvgIpc) is 3.16. The van der Waals surface area contributed by atoms with E-state index in [0.717, 1.165) is 18.4 Å². The maximum atomic E-state index is 12.4. The summed E-state index contributed by atoms with van der Waals surface area (Å²) in [6.45, 7) is 1.69. The first-order valence-electron chi connectivity index (χ1n) is 8.62. The van der Waals surface area contributed by atoms with Gasteiger partial charge >= 0.3 is 6.03 Å². The van der Waals surface area contributed by atoms with E-state index in [4.69, 9.17) is 16.0 Å². The third-order valence-corrected chi connectivity index (χ3v) is 4.73. The second kappa shape index (κ2) is 8.27. The van der Waals surface area contributed by atoms with Gasteiger partial charge in [0.15, 0.2) is 5.76 Å². The monoisotopic (exact) mass is 375 g/mol. The van der Waals surface area contributed by atoms with E-state index in [2.05, 4.69) is 5.32 Å². The minimum atomic E-state index is -0.124. The number of benzene rings is 1. The van der Waals surface area contributed by atoms with Crippen LogP contribution in [0.3, 0.4) is 0 Å². The Hall–Kier alpha value is -2.47. The van der Waals surface area contributed by atoms with Crippen LogP contribution in [0.4, 0.5) is 4.79 Å². The highest BCUT2D eigenvalue weighted by Crippen LogP contribution is 2.15. The minimum absolute atomic E-state index is 0.0602. The van der Waals surface area contributed by atoms with E-state index in [-0.39, 0.29) is 18.0 Å². The summed E-state index contributed by atoms with van der Waals surface area (Å²) in [6.07, 6.45) is 2.95. The van der Waals surface area contributed by atoms with Crippen molar-refractivity contribution in [2.75, 3.05) is 20.1 Å². The lowest BCUT2D eigenvalue weighted by Gasteiger charge is -2.32. The van der Waals surface area contributed by atoms with Crippen LogP contribution in [-0.2, 0) is 6.54 Å². The molecule has 26 heavy (non-hydrogen) atoms. The Balaban J connectivity index is 1.46. The SMILES string of the molecule is CN(Cc1cccc(Cl)c1)C(=O)NC1CCN(C(=O)c2ccco2)CC1. The quantitative estimate of drug-likeness (QED) is 0.890. The van der Waals surface area contributed by atoms with Gasteiger partial charge in [-0.25, -0.2) is 4.79 Å². The normalized spacial score (nSPS) is 14.9. The van der Waals surface area contributed by atoms with Crippen LogP contribution in [0.2, 0.25) is 5.02 Å². The van der Waals surface area contributed by atoms with Crippen molar-refractivity contribution in [2.24, 2.45) is 0 Å². The van der Waals surface area contributed by atoms with E-state index >= 15 is 0 Å². The molecule has 7 heteroatoms. The highest BCUT2D eigenvalue weighted by atomic mass is 35.5. The number of hydrogen-bond acceptors (Lipinski definition) is 3. The smallest absolute Gasteiger partial charge is 0.317 e. The van der Waals surface area contributed by atoms with Gasteiger partial charge in [0.2, 0.25) is 0 Å². The molecule has 3 rings (SSSR count). The van der Waals surface area contributed by atoms with Crippen molar-refractivity contribution in [3.05, 3.63) is 59.0 Å². The van der Waals surface area contributed by atoms with Crippen LogP contribution in [0.1, 0.15) is 29.0 Å². The van der Waals surface area contributed by atoms with Crippen LogP contribution in [-0.4, -0.2) is 47.9 Å². The molecule has 1 fully saturated rings. The van der Waals surface area contributed by atoms with Crippen molar-refractivity contribution in [3.8, 4) is 0 Å². The van der Waals surface area contributed by atoms with Crippen molar-refractivity contribution >= 4 is 23.5 Å². The second-order valence-corrected chi connectivity index (χ2v) is 6.92. The number of urea groups is 1. The largest absolute Gasteiger partial charge is 0.459 e. The zero-order valence-corrected chi connectivity index (χ0v) is 15.4. The molecular formula is C19H22ClN3O3. The summed E-state index contributed by atoms with van der Waals surface area (Å²) in [7, 11) is 1.76. The van der Waals surface area contributed by atoms with Gasteiger partial charge in [0.25, 0.3) is 5.91 Å². The molecule has 0 bridgehead atoms. The first-order valence-corrected chi connectivity index (χ1v) is 8.99. The molecule has 0 spiro atoms. The first-order chi connectivity index (χ1) is 12.5. The number of amides is 3. The Bertz CT molecular complexity index is 755. The lowest BCUT2D eigenvalue weighted by Crippen LogP contribution is -2.49. The number of likely N-dealkylation sites (tertiary alicyclic amines) is 1. The number of halogens is 1. The standard InChI is InChI=1S/C19H22ClN3O3/c1-22(13-14-4-2-5-15(20)12-14)19(25)21-16-7-9-23(10-8-16)18(24)17-6-3-11-26-17/h2-6,11-12,16H,7-10,13H2,1H3,(H,21,25). The second-order valence-electron chi connectivity index (χ2n) is 6.48. The number of carbonyl (C=O) groups excluding carboxylic acids is 2. The Morgan fingerprint density at radius 1 is 1.27 bits per heavy atom. The Kier molecular flexibility index (Phi) is 5.83. The molecule has 0 radical (unpaired) electrons. The van der Waals surface area contributed by atoms with Gasteiger partial charge in [-0.1, -0.05) is 23.7 Å². The topological polar surface area (TPSA) is 65.8 Å². The number of nitrogens with zero attached hydrogens (tertiary/aromatic N) is 2. The predicted molar refractivity (Wildman–Crippen MR) is 99.1 cm³/mol. The third kappa shape index (κ3) is 4.58. The van der Waals surface area contributed by atoms with Gasteiger partial charge in [-0.15, -0.1) is 0 Å². The molecule has 1 N–H and O–H groups in total. The molecule has 1 saturated heterocycles. The number of rotatable bonds is 4. The van der Waals surface area contributed by atoms with Crippen molar-refractivity contribution in [3.63, 3.8) is 0 Å². The summed E-state index contributed by atoms with van der Waals surface area (Å²) in [5.41, 5.74) is 0.981. The molecule has 2 heterocycles. The zero-order chi connectivity index (χ0) is 18.5. The Morgan fingerprint density at radius 2 is 2.04 bits per heavy atom. The molecule has 1 aliphatic rings. The number of nitrogens with one attached hydrogen (secondary N) is 1. The highest BCUT2D eigenvalue weighted by Gasteiger charge is 2.26. The van der Waals surface area contributed by atoms with Gasteiger partial charge in [-0.2, -0.15) is 0 Å². The average molecular weight is 376 g/mol. The lowest BCUT2D eigenvalue weighted by atomic mass is 10.0. The molecule has 0 unspecified atom stereocenters. The molecule has 2 aromatic rings. The molecular weight excluding hydrogens is 354 g/mol. The molecule has 3 amide bonds. The first kappa shape index (κ1) is 18.3. The Labute approximate surface area is 157 Å². The van der Waals surface area contributed by atoms with Gasteiger partial charge in [-0.3, -0.25) is 4.79 Å². The number of piperidine rings is 1. The van der Waals surface area contributed by atoms with Crippen LogP contribution < -0.4 is 5.32 Å². The van der Waals surface area contributed by atoms with E-state index in [1.165, 1.54) is 6.26 Å². The summed E-state index contributed by atoms with van der Waals surface area (Å²) < 4.78 is 5.16. The van der Waals surface area contributed by atoms with Crippen molar-refractivity contribution in [1.82, 2.24) is 15.1 Å². The maximum absolute atomic E-state index is 12.4. The van der Waals surface area contributed by atoms with E-state index in [1.807, 2.05) is 24.3 Å². The van der Waals surface area contributed by atoms with Crippen LogP contribution >= 0.6 is 11.6 Å². The van der Waals surface area contributed by atoms with Gasteiger partial charge in [0, 0.05) is 37.7 Å². The van der Waals surface area contributed by atoms with Gasteiger partial charge in [-0.05, 0) is 42.7 Å². The Morgan fingerprint density at radius 3 is 2.69 bits per heavy atom. The maximum Gasteiger partial charge on any atom is 0.317 e. The van der Waals surface area contributed by atoms with Gasteiger partial charge in [0.05, 0.1) is 6.26 Å². The lowest BCUT2D eigenvalue weighted by molar-refractivity contribution is 0.0674. The molecule has 1 aromatic heterocycles. The van der Waals surface area contributed by atoms with Gasteiger partial charge in [0.1, 0.15) is 0 Å². The predicted octanol–water partition coefficient (Wildman–Crippen LogP) is 3.38. The molecule has 0 saturated carbocycles. The van der Waals surface area contributed by atoms with Crippen molar-refractivity contribution in [1.29, 1.82) is 0 Å². The molecule has 0 aliphatic carbocycles. The van der Waals surface area contributed by atoms with Crippen LogP contribution in [0.15, 0.2) is 47.1 Å². The summed E-state index contributed by atoms with van der Waals surface area (Å²) >= 11 is 5.98.